The van der Waals surface area contributed by atoms with Crippen molar-refractivity contribution < 1.29 is 19.2 Å². The minimum atomic E-state index is -0.580. The van der Waals surface area contributed by atoms with Gasteiger partial charge in [-0.1, -0.05) is 24.9 Å². The molecule has 2 rings (SSSR count). The Kier molecular flexibility index (Phi) is 6.80. The first kappa shape index (κ1) is 19.5. The fourth-order valence-electron chi connectivity index (χ4n) is 2.21. The summed E-state index contributed by atoms with van der Waals surface area (Å²) in [6.45, 7) is 2.63. The van der Waals surface area contributed by atoms with Crippen LogP contribution in [0.1, 0.15) is 30.1 Å². The van der Waals surface area contributed by atoms with Crippen LogP contribution in [-0.2, 0) is 0 Å². The highest BCUT2D eigenvalue weighted by Crippen LogP contribution is 2.37. The lowest BCUT2D eigenvalue weighted by atomic mass is 10.2. The maximum Gasteiger partial charge on any atom is 0.313 e. The molecule has 0 aliphatic carbocycles. The Morgan fingerprint density at radius 1 is 1.19 bits per heavy atom. The quantitative estimate of drug-likeness (QED) is 0.412. The first-order valence-corrected chi connectivity index (χ1v) is 8.42. The number of hydrogen-bond acceptors (Lipinski definition) is 5. The molecular weight excluding hydrogens is 360 g/mol. The van der Waals surface area contributed by atoms with Gasteiger partial charge in [0.2, 0.25) is 5.75 Å². The molecule has 0 aliphatic heterocycles. The average molecular weight is 379 g/mol. The largest absolute Gasteiger partial charge is 0.493 e. The molecule has 0 fully saturated rings. The van der Waals surface area contributed by atoms with Crippen molar-refractivity contribution in [3.8, 4) is 17.2 Å². The van der Waals surface area contributed by atoms with Gasteiger partial charge >= 0.3 is 5.69 Å². The standard InChI is InChI=1S/C18H19ClN2O5/c1-3-4-9-20-18(22)12-5-7-16(17(10-12)25-2)26-15-8-6-13(19)11-14(15)21(23)24/h5-8,10-11H,3-4,9H2,1-2H3,(H,20,22). The maximum atomic E-state index is 12.1. The van der Waals surface area contributed by atoms with Gasteiger partial charge in [0, 0.05) is 23.2 Å². The van der Waals surface area contributed by atoms with Crippen LogP contribution < -0.4 is 14.8 Å². The molecule has 0 radical (unpaired) electrons. The summed E-state index contributed by atoms with van der Waals surface area (Å²) in [5.41, 5.74) is 0.150. The van der Waals surface area contributed by atoms with Gasteiger partial charge in [-0.15, -0.1) is 0 Å². The minimum absolute atomic E-state index is 0.0258. The number of benzene rings is 2. The number of halogens is 1. The lowest BCUT2D eigenvalue weighted by Gasteiger charge is -2.12. The molecule has 0 saturated heterocycles. The number of amides is 1. The summed E-state index contributed by atoms with van der Waals surface area (Å²) in [6, 6.07) is 8.74. The first-order chi connectivity index (χ1) is 12.5. The van der Waals surface area contributed by atoms with Crippen molar-refractivity contribution in [3.63, 3.8) is 0 Å². The van der Waals surface area contributed by atoms with Gasteiger partial charge < -0.3 is 14.8 Å². The van der Waals surface area contributed by atoms with Gasteiger partial charge in [0.15, 0.2) is 11.5 Å². The van der Waals surface area contributed by atoms with Crippen LogP contribution in [0.2, 0.25) is 5.02 Å². The molecule has 0 aromatic heterocycles. The van der Waals surface area contributed by atoms with Gasteiger partial charge in [-0.2, -0.15) is 0 Å². The van der Waals surface area contributed by atoms with Gasteiger partial charge in [-0.05, 0) is 36.8 Å². The number of nitro benzene ring substituents is 1. The normalized spacial score (nSPS) is 10.3. The van der Waals surface area contributed by atoms with E-state index in [0.29, 0.717) is 12.1 Å². The van der Waals surface area contributed by atoms with E-state index in [2.05, 4.69) is 5.32 Å². The third-order valence-corrected chi connectivity index (χ3v) is 3.81. The number of ether oxygens (including phenoxy) is 2. The molecular formula is C18H19ClN2O5. The van der Waals surface area contributed by atoms with Gasteiger partial charge in [-0.25, -0.2) is 0 Å². The average Bonchev–Trinajstić information content (AvgIpc) is 2.63. The third-order valence-electron chi connectivity index (χ3n) is 3.58. The molecule has 8 heteroatoms. The zero-order chi connectivity index (χ0) is 19.1. The first-order valence-electron chi connectivity index (χ1n) is 8.04. The van der Waals surface area contributed by atoms with Crippen molar-refractivity contribution in [1.82, 2.24) is 5.32 Å². The molecule has 0 bridgehead atoms. The Morgan fingerprint density at radius 3 is 2.58 bits per heavy atom. The van der Waals surface area contributed by atoms with E-state index in [9.17, 15) is 14.9 Å². The second-order valence-corrected chi connectivity index (χ2v) is 5.88. The van der Waals surface area contributed by atoms with E-state index >= 15 is 0 Å². The number of carbonyl (C=O) groups is 1. The Morgan fingerprint density at radius 2 is 1.92 bits per heavy atom. The molecule has 2 aromatic rings. The van der Waals surface area contributed by atoms with Crippen LogP contribution in [0.3, 0.4) is 0 Å². The summed E-state index contributed by atoms with van der Waals surface area (Å²) < 4.78 is 10.9. The van der Waals surface area contributed by atoms with E-state index < -0.39 is 4.92 Å². The van der Waals surface area contributed by atoms with Crippen molar-refractivity contribution in [2.75, 3.05) is 13.7 Å². The number of rotatable bonds is 8. The highest BCUT2D eigenvalue weighted by molar-refractivity contribution is 6.30. The highest BCUT2D eigenvalue weighted by Gasteiger charge is 2.19. The lowest BCUT2D eigenvalue weighted by Crippen LogP contribution is -2.24. The van der Waals surface area contributed by atoms with E-state index in [0.717, 1.165) is 12.8 Å². The van der Waals surface area contributed by atoms with Crippen molar-refractivity contribution in [2.24, 2.45) is 0 Å². The molecule has 0 aliphatic rings. The monoisotopic (exact) mass is 378 g/mol. The molecule has 2 aromatic carbocycles. The minimum Gasteiger partial charge on any atom is -0.493 e. The summed E-state index contributed by atoms with van der Waals surface area (Å²) in [4.78, 5) is 22.7. The molecule has 0 atom stereocenters. The molecule has 138 valence electrons. The van der Waals surface area contributed by atoms with E-state index in [1.165, 1.54) is 37.4 Å². The molecule has 1 amide bonds. The van der Waals surface area contributed by atoms with Crippen molar-refractivity contribution in [2.45, 2.75) is 19.8 Å². The van der Waals surface area contributed by atoms with E-state index in [4.69, 9.17) is 21.1 Å². The second kappa shape index (κ2) is 9.05. The van der Waals surface area contributed by atoms with Crippen LogP contribution in [0, 0.1) is 10.1 Å². The molecule has 1 N–H and O–H groups in total. The topological polar surface area (TPSA) is 90.7 Å². The summed E-state index contributed by atoms with van der Waals surface area (Å²) in [5.74, 6) is 0.346. The van der Waals surface area contributed by atoms with Gasteiger partial charge in [0.25, 0.3) is 5.91 Å². The zero-order valence-electron chi connectivity index (χ0n) is 14.5. The van der Waals surface area contributed by atoms with Crippen molar-refractivity contribution >= 4 is 23.2 Å². The van der Waals surface area contributed by atoms with Crippen LogP contribution in [0.4, 0.5) is 5.69 Å². The molecule has 0 heterocycles. The smallest absolute Gasteiger partial charge is 0.313 e. The van der Waals surface area contributed by atoms with Crippen LogP contribution in [0.25, 0.3) is 0 Å². The number of methoxy groups -OCH3 is 1. The van der Waals surface area contributed by atoms with Crippen molar-refractivity contribution in [3.05, 3.63) is 57.1 Å². The summed E-state index contributed by atoms with van der Waals surface area (Å²) in [6.07, 6.45) is 1.88. The molecule has 0 saturated carbocycles. The fourth-order valence-corrected chi connectivity index (χ4v) is 2.38. The predicted molar refractivity (Wildman–Crippen MR) is 98.4 cm³/mol. The molecule has 26 heavy (non-hydrogen) atoms. The van der Waals surface area contributed by atoms with Gasteiger partial charge in [0.05, 0.1) is 12.0 Å². The number of nitrogens with one attached hydrogen (secondary N) is 1. The van der Waals surface area contributed by atoms with E-state index in [-0.39, 0.29) is 33.9 Å². The molecule has 0 spiro atoms. The van der Waals surface area contributed by atoms with Crippen LogP contribution >= 0.6 is 11.6 Å². The zero-order valence-corrected chi connectivity index (χ0v) is 15.2. The molecule has 0 unspecified atom stereocenters. The number of carbonyl (C=O) groups excluding carboxylic acids is 1. The van der Waals surface area contributed by atoms with Crippen LogP contribution in [-0.4, -0.2) is 24.5 Å². The van der Waals surface area contributed by atoms with Crippen LogP contribution in [0.5, 0.6) is 17.2 Å². The number of nitro groups is 1. The Labute approximate surface area is 156 Å². The second-order valence-electron chi connectivity index (χ2n) is 5.45. The number of hydrogen-bond donors (Lipinski definition) is 1. The SMILES string of the molecule is CCCCNC(=O)c1ccc(Oc2ccc(Cl)cc2[N+](=O)[O-])c(OC)c1. The Balaban J connectivity index is 2.26. The van der Waals surface area contributed by atoms with E-state index in [1.807, 2.05) is 6.92 Å². The Hall–Kier alpha value is -2.80. The lowest BCUT2D eigenvalue weighted by molar-refractivity contribution is -0.385. The number of unbranched alkanes of at least 4 members (excludes halogenated alkanes) is 1. The fraction of sp³-hybridized carbons (Fsp3) is 0.278. The van der Waals surface area contributed by atoms with Crippen molar-refractivity contribution in [1.29, 1.82) is 0 Å². The third kappa shape index (κ3) is 4.86. The van der Waals surface area contributed by atoms with Crippen LogP contribution in [0.15, 0.2) is 36.4 Å². The summed E-state index contributed by atoms with van der Waals surface area (Å²) in [7, 11) is 1.43. The molecule has 7 nitrogen and oxygen atoms in total. The predicted octanol–water partition coefficient (Wildman–Crippen LogP) is 4.58. The van der Waals surface area contributed by atoms with Gasteiger partial charge in [-0.3, -0.25) is 14.9 Å². The van der Waals surface area contributed by atoms with Gasteiger partial charge in [0.1, 0.15) is 0 Å². The Bertz CT molecular complexity index is 810. The summed E-state index contributed by atoms with van der Waals surface area (Å²) >= 11 is 5.80. The summed E-state index contributed by atoms with van der Waals surface area (Å²) in [5, 5.41) is 14.2. The maximum absolute atomic E-state index is 12.1. The number of nitrogens with zero attached hydrogens (tertiary/aromatic N) is 1. The highest BCUT2D eigenvalue weighted by atomic mass is 35.5. The van der Waals surface area contributed by atoms with E-state index in [1.54, 1.807) is 6.07 Å².